The number of anilines is 1. The minimum absolute atomic E-state index is 0. The van der Waals surface area contributed by atoms with E-state index in [-0.39, 0.29) is 81.7 Å². The van der Waals surface area contributed by atoms with Gasteiger partial charge in [0.05, 0.1) is 19.5 Å². The van der Waals surface area contributed by atoms with Crippen molar-refractivity contribution in [1.29, 1.82) is 0 Å². The van der Waals surface area contributed by atoms with E-state index in [0.29, 0.717) is 0 Å². The predicted molar refractivity (Wildman–Crippen MR) is 144 cm³/mol. The number of amides is 1. The predicted octanol–water partition coefficient (Wildman–Crippen LogP) is -10.8. The molecule has 5 heterocycles. The van der Waals surface area contributed by atoms with Crippen LogP contribution in [0, 0.1) is 0 Å². The van der Waals surface area contributed by atoms with Gasteiger partial charge in [0.25, 0.3) is 35.6 Å². The summed E-state index contributed by atoms with van der Waals surface area (Å²) in [4.78, 5) is 68.6. The van der Waals surface area contributed by atoms with E-state index in [1.807, 2.05) is 0 Å². The zero-order chi connectivity index (χ0) is 35.2. The summed E-state index contributed by atoms with van der Waals surface area (Å²) in [5.41, 5.74) is 11.0. The molecule has 2 saturated heterocycles. The SMILES string of the molecule is NC(=O)c1ccc[n+]([C@@H]2O[C@H](COP(=O)([O-])OP(=O)([O-])OC[C@H]3O[C@@H](n4cnc5c(N)ncnc54)[C@@H](OP(=O)([O-])O)[C@@H]3O)[C@@H](O)[C@H]2O)c1.[Na+].[Na+]. The van der Waals surface area contributed by atoms with Crippen molar-refractivity contribution in [2.75, 3.05) is 18.9 Å². The van der Waals surface area contributed by atoms with Crippen molar-refractivity contribution in [1.82, 2.24) is 19.5 Å². The number of hydrogen-bond acceptors (Lipinski definition) is 20. The summed E-state index contributed by atoms with van der Waals surface area (Å²) in [5.74, 6) is -0.891. The summed E-state index contributed by atoms with van der Waals surface area (Å²) >= 11 is 0. The molecule has 0 aliphatic carbocycles. The van der Waals surface area contributed by atoms with Crippen molar-refractivity contribution in [3.8, 4) is 0 Å². The Labute approximate surface area is 324 Å². The first-order valence-corrected chi connectivity index (χ1v) is 17.7. The number of aliphatic hydroxyl groups excluding tert-OH is 3. The average Bonchev–Trinajstić information content (AvgIpc) is 3.64. The first-order valence-electron chi connectivity index (χ1n) is 13.3. The molecule has 2 fully saturated rings. The van der Waals surface area contributed by atoms with Crippen LogP contribution in [-0.4, -0.2) is 95.5 Å². The molecule has 8 N–H and O–H groups in total. The van der Waals surface area contributed by atoms with Crippen molar-refractivity contribution in [3.63, 3.8) is 0 Å². The Morgan fingerprint density at radius 3 is 2.20 bits per heavy atom. The number of ether oxygens (including phenoxy) is 2. The molecule has 2 aliphatic rings. The molecule has 264 valence electrons. The van der Waals surface area contributed by atoms with Gasteiger partial charge >= 0.3 is 59.1 Å². The quantitative estimate of drug-likeness (QED) is 0.0532. The van der Waals surface area contributed by atoms with Crippen molar-refractivity contribution < 1.29 is 144 Å². The third kappa shape index (κ3) is 10.2. The van der Waals surface area contributed by atoms with Gasteiger partial charge in [-0.3, -0.25) is 23.1 Å². The molecular formula is C21H26N7Na2O17P3. The van der Waals surface area contributed by atoms with E-state index in [2.05, 4.69) is 32.8 Å². The van der Waals surface area contributed by atoms with Crippen LogP contribution in [0.15, 0.2) is 37.2 Å². The van der Waals surface area contributed by atoms with Gasteiger partial charge in [-0.15, -0.1) is 0 Å². The molecule has 29 heteroatoms. The molecule has 3 unspecified atom stereocenters. The van der Waals surface area contributed by atoms with E-state index in [1.54, 1.807) is 0 Å². The Morgan fingerprint density at radius 1 is 0.980 bits per heavy atom. The zero-order valence-corrected chi connectivity index (χ0v) is 32.5. The third-order valence-electron chi connectivity index (χ3n) is 6.96. The van der Waals surface area contributed by atoms with Crippen molar-refractivity contribution >= 4 is 46.4 Å². The van der Waals surface area contributed by atoms with Gasteiger partial charge in [0.1, 0.15) is 47.9 Å². The normalized spacial score (nSPS) is 30.1. The molecule has 0 radical (unpaired) electrons. The number of phosphoric acid groups is 3. The topological polar surface area (TPSA) is 373 Å². The fourth-order valence-electron chi connectivity index (χ4n) is 4.81. The maximum Gasteiger partial charge on any atom is 1.00 e. The maximum absolute atomic E-state index is 12.4. The Hall–Kier alpha value is -0.860. The van der Waals surface area contributed by atoms with Gasteiger partial charge in [-0.05, 0) is 6.07 Å². The van der Waals surface area contributed by atoms with E-state index in [1.165, 1.54) is 29.1 Å². The second-order valence-electron chi connectivity index (χ2n) is 10.2. The van der Waals surface area contributed by atoms with E-state index in [9.17, 15) is 53.4 Å². The second-order valence-corrected chi connectivity index (χ2v) is 14.3. The van der Waals surface area contributed by atoms with Gasteiger partial charge in [-0.25, -0.2) is 19.3 Å². The summed E-state index contributed by atoms with van der Waals surface area (Å²) in [6.07, 6.45) is -9.03. The Morgan fingerprint density at radius 2 is 1.60 bits per heavy atom. The van der Waals surface area contributed by atoms with Crippen LogP contribution in [0.2, 0.25) is 0 Å². The van der Waals surface area contributed by atoms with Crippen LogP contribution in [-0.2, 0) is 41.1 Å². The summed E-state index contributed by atoms with van der Waals surface area (Å²) in [6, 6.07) is 2.75. The number of aliphatic hydroxyl groups is 3. The Balaban J connectivity index is 0.00000338. The molecule has 3 aromatic rings. The van der Waals surface area contributed by atoms with Gasteiger partial charge in [0.2, 0.25) is 0 Å². The first kappa shape index (κ1) is 43.5. The van der Waals surface area contributed by atoms with Gasteiger partial charge in [0, 0.05) is 6.07 Å². The van der Waals surface area contributed by atoms with Crippen LogP contribution in [0.5, 0.6) is 0 Å². The van der Waals surface area contributed by atoms with Crippen LogP contribution in [0.3, 0.4) is 0 Å². The third-order valence-corrected chi connectivity index (χ3v) is 10.0. The van der Waals surface area contributed by atoms with Gasteiger partial charge in [-0.2, -0.15) is 4.57 Å². The number of nitrogens with zero attached hydrogens (tertiary/aromatic N) is 5. The standard InChI is InChI=1S/C21H28N7O17P3.2Na/c22-17-12-19(25-7-24-17)28(8-26-12)21-16(44-46(33,34)35)14(30)11(43-21)6-41-48(38,39)45-47(36,37)40-5-10-13(29)15(31)20(42-10)27-3-1-2-9(4-27)18(23)32;;/h1-4,7-8,10-11,13-16,20-21,29-31H,5-6H2,(H7-,22,23,24,25,32,33,34,35,36,37,38,39);;/q;2*+1/p-2/t10-,11-,13-,14-,15-,16+,20-,21-;;/m1../s1. The van der Waals surface area contributed by atoms with E-state index < -0.39 is 91.7 Å². The number of fused-ring (bicyclic) bond motifs is 1. The average molecular weight is 787 g/mol. The maximum atomic E-state index is 12.4. The molecule has 0 spiro atoms. The largest absolute Gasteiger partial charge is 1.00 e. The van der Waals surface area contributed by atoms with Gasteiger partial charge in [0.15, 0.2) is 36.2 Å². The number of phosphoric ester groups is 3. The fraction of sp³-hybridized carbons (Fsp3) is 0.476. The van der Waals surface area contributed by atoms with Crippen LogP contribution in [0.25, 0.3) is 11.2 Å². The van der Waals surface area contributed by atoms with Gasteiger partial charge < -0.3 is 69.4 Å². The number of pyridine rings is 1. The van der Waals surface area contributed by atoms with E-state index in [4.69, 9.17) is 20.9 Å². The molecule has 0 aromatic carbocycles. The number of imidazole rings is 1. The van der Waals surface area contributed by atoms with Crippen LogP contribution in [0.1, 0.15) is 22.8 Å². The molecule has 24 nitrogen and oxygen atoms in total. The van der Waals surface area contributed by atoms with Gasteiger partial charge in [-0.1, -0.05) is 0 Å². The Bertz CT molecular complexity index is 1820. The van der Waals surface area contributed by atoms with Crippen molar-refractivity contribution in [3.05, 3.63) is 42.7 Å². The minimum Gasteiger partial charge on any atom is -0.756 e. The number of nitrogens with two attached hydrogens (primary N) is 2. The van der Waals surface area contributed by atoms with Crippen LogP contribution >= 0.6 is 23.5 Å². The number of aromatic nitrogens is 5. The number of rotatable bonds is 13. The number of carbonyl (C=O) groups excluding carboxylic acids is 1. The molecule has 0 bridgehead atoms. The number of nitrogen functional groups attached to an aromatic ring is 1. The molecule has 3 aromatic heterocycles. The summed E-state index contributed by atoms with van der Waals surface area (Å²) in [5, 5.41) is 31.4. The second kappa shape index (κ2) is 17.1. The minimum atomic E-state index is -5.85. The summed E-state index contributed by atoms with van der Waals surface area (Å²) in [7, 11) is -17.2. The molecule has 50 heavy (non-hydrogen) atoms. The molecule has 2 aliphatic heterocycles. The van der Waals surface area contributed by atoms with Crippen molar-refractivity contribution in [2.24, 2.45) is 5.73 Å². The number of hydrogen-bond donors (Lipinski definition) is 6. The van der Waals surface area contributed by atoms with Crippen LogP contribution < -0.4 is 89.8 Å². The summed E-state index contributed by atoms with van der Waals surface area (Å²) in [6.45, 7) is -2.24. The number of primary amides is 1. The molecule has 11 atom stereocenters. The smallest absolute Gasteiger partial charge is 0.756 e. The molecular weight excluding hydrogens is 761 g/mol. The monoisotopic (exact) mass is 787 g/mol. The van der Waals surface area contributed by atoms with Crippen molar-refractivity contribution in [2.45, 2.75) is 49.1 Å². The Kier molecular flexibility index (Phi) is 14.9. The summed E-state index contributed by atoms with van der Waals surface area (Å²) < 4.78 is 67.0. The zero-order valence-electron chi connectivity index (χ0n) is 25.8. The molecule has 5 rings (SSSR count). The fourth-order valence-corrected chi connectivity index (χ4v) is 7.36. The van der Waals surface area contributed by atoms with E-state index >= 15 is 0 Å². The first-order chi connectivity index (χ1) is 22.4. The number of carbonyl (C=O) groups is 1. The van der Waals surface area contributed by atoms with E-state index in [0.717, 1.165) is 17.2 Å². The molecule has 0 saturated carbocycles. The molecule has 1 amide bonds. The van der Waals surface area contributed by atoms with Crippen LogP contribution in [0.4, 0.5) is 5.82 Å².